The maximum Gasteiger partial charge on any atom is 0.330 e. The molecule has 1 aliphatic carbocycles. The molecular weight excluding hydrogens is 310 g/mol. The summed E-state index contributed by atoms with van der Waals surface area (Å²) in [5, 5.41) is 3.50. The third-order valence-corrected chi connectivity index (χ3v) is 5.39. The summed E-state index contributed by atoms with van der Waals surface area (Å²) < 4.78 is 4.59. The van der Waals surface area contributed by atoms with Crippen LogP contribution in [0, 0.1) is 11.8 Å². The standard InChI is InChI=1S/C22H33NO2/c1-18(20-9-5-3-4-6-10-20)8-7-17-23-21-14-11-19(12-15-21)13-16-22(24)25-2/h11-16,18,20,23H,3-10,17H2,1-2H3. The van der Waals surface area contributed by atoms with Gasteiger partial charge in [0.2, 0.25) is 0 Å². The minimum Gasteiger partial charge on any atom is -0.466 e. The molecule has 0 spiro atoms. The zero-order chi connectivity index (χ0) is 17.9. The van der Waals surface area contributed by atoms with Crippen LogP contribution < -0.4 is 5.32 Å². The molecule has 25 heavy (non-hydrogen) atoms. The highest BCUT2D eigenvalue weighted by Crippen LogP contribution is 2.31. The van der Waals surface area contributed by atoms with Crippen LogP contribution in [0.4, 0.5) is 5.69 Å². The van der Waals surface area contributed by atoms with Crippen molar-refractivity contribution < 1.29 is 9.53 Å². The van der Waals surface area contributed by atoms with Crippen molar-refractivity contribution in [3.63, 3.8) is 0 Å². The topological polar surface area (TPSA) is 38.3 Å². The number of ether oxygens (including phenoxy) is 1. The van der Waals surface area contributed by atoms with E-state index in [2.05, 4.69) is 29.1 Å². The zero-order valence-corrected chi connectivity index (χ0v) is 15.8. The van der Waals surface area contributed by atoms with Gasteiger partial charge in [0.05, 0.1) is 7.11 Å². The number of methoxy groups -OCH3 is 1. The number of hydrogen-bond acceptors (Lipinski definition) is 3. The van der Waals surface area contributed by atoms with Crippen LogP contribution in [0.25, 0.3) is 6.08 Å². The molecule has 1 unspecified atom stereocenters. The Morgan fingerprint density at radius 2 is 1.88 bits per heavy atom. The highest BCUT2D eigenvalue weighted by atomic mass is 16.5. The van der Waals surface area contributed by atoms with E-state index in [0.717, 1.165) is 29.6 Å². The van der Waals surface area contributed by atoms with Crippen molar-refractivity contribution >= 4 is 17.7 Å². The second-order valence-corrected chi connectivity index (χ2v) is 7.28. The highest BCUT2D eigenvalue weighted by Gasteiger charge is 2.18. The van der Waals surface area contributed by atoms with Crippen LogP contribution in [0.15, 0.2) is 30.3 Å². The first-order valence-electron chi connectivity index (χ1n) is 9.79. The van der Waals surface area contributed by atoms with Gasteiger partial charge in [0, 0.05) is 18.3 Å². The summed E-state index contributed by atoms with van der Waals surface area (Å²) in [6.45, 7) is 3.47. The van der Waals surface area contributed by atoms with Gasteiger partial charge in [-0.2, -0.15) is 0 Å². The predicted molar refractivity (Wildman–Crippen MR) is 106 cm³/mol. The van der Waals surface area contributed by atoms with Crippen molar-refractivity contribution in [2.24, 2.45) is 11.8 Å². The molecule has 1 fully saturated rings. The Hall–Kier alpha value is -1.77. The number of hydrogen-bond donors (Lipinski definition) is 1. The fourth-order valence-corrected chi connectivity index (χ4v) is 3.72. The number of nitrogens with one attached hydrogen (secondary N) is 1. The molecule has 1 atom stereocenters. The minimum absolute atomic E-state index is 0.329. The van der Waals surface area contributed by atoms with Crippen molar-refractivity contribution in [1.29, 1.82) is 0 Å². The molecule has 3 nitrogen and oxygen atoms in total. The number of carbonyl (C=O) groups excluding carboxylic acids is 1. The van der Waals surface area contributed by atoms with E-state index >= 15 is 0 Å². The van der Waals surface area contributed by atoms with Crippen molar-refractivity contribution in [2.45, 2.75) is 58.3 Å². The predicted octanol–water partition coefficient (Wildman–Crippen LogP) is 5.67. The summed E-state index contributed by atoms with van der Waals surface area (Å²) in [5.74, 6) is 1.47. The second-order valence-electron chi connectivity index (χ2n) is 7.28. The minimum atomic E-state index is -0.329. The van der Waals surface area contributed by atoms with Crippen LogP contribution >= 0.6 is 0 Å². The maximum atomic E-state index is 11.1. The summed E-state index contributed by atoms with van der Waals surface area (Å²) in [6.07, 6.45) is 14.4. The number of anilines is 1. The summed E-state index contributed by atoms with van der Waals surface area (Å²) >= 11 is 0. The van der Waals surface area contributed by atoms with Crippen LogP contribution in [0.1, 0.15) is 63.9 Å². The lowest BCUT2D eigenvalue weighted by atomic mass is 9.84. The van der Waals surface area contributed by atoms with Gasteiger partial charge in [-0.1, -0.05) is 57.6 Å². The second kappa shape index (κ2) is 11.0. The van der Waals surface area contributed by atoms with Crippen molar-refractivity contribution in [2.75, 3.05) is 19.0 Å². The Balaban J connectivity index is 1.67. The zero-order valence-electron chi connectivity index (χ0n) is 15.8. The van der Waals surface area contributed by atoms with Gasteiger partial charge >= 0.3 is 5.97 Å². The molecule has 1 aliphatic rings. The molecule has 0 bridgehead atoms. The van der Waals surface area contributed by atoms with E-state index in [4.69, 9.17) is 0 Å². The van der Waals surface area contributed by atoms with Gasteiger partial charge in [-0.15, -0.1) is 0 Å². The molecule has 0 radical (unpaired) electrons. The first kappa shape index (κ1) is 19.6. The van der Waals surface area contributed by atoms with Crippen molar-refractivity contribution in [3.8, 4) is 0 Å². The summed E-state index contributed by atoms with van der Waals surface area (Å²) in [6, 6.07) is 8.14. The van der Waals surface area contributed by atoms with Gasteiger partial charge in [0.1, 0.15) is 0 Å². The Morgan fingerprint density at radius 3 is 2.52 bits per heavy atom. The molecule has 3 heteroatoms. The molecule has 0 saturated heterocycles. The lowest BCUT2D eigenvalue weighted by molar-refractivity contribution is -0.134. The van der Waals surface area contributed by atoms with Gasteiger partial charge in [0.15, 0.2) is 0 Å². The fourth-order valence-electron chi connectivity index (χ4n) is 3.72. The molecule has 1 saturated carbocycles. The first-order valence-corrected chi connectivity index (χ1v) is 9.79. The third-order valence-electron chi connectivity index (χ3n) is 5.39. The van der Waals surface area contributed by atoms with E-state index in [0.29, 0.717) is 0 Å². The van der Waals surface area contributed by atoms with E-state index in [1.165, 1.54) is 64.6 Å². The Bertz CT molecular complexity index is 527. The highest BCUT2D eigenvalue weighted by molar-refractivity contribution is 5.86. The van der Waals surface area contributed by atoms with Crippen molar-refractivity contribution in [1.82, 2.24) is 0 Å². The molecule has 0 heterocycles. The third kappa shape index (κ3) is 7.33. The number of carbonyl (C=O) groups is 1. The van der Waals surface area contributed by atoms with E-state index in [9.17, 15) is 4.79 Å². The van der Waals surface area contributed by atoms with Gasteiger partial charge in [-0.3, -0.25) is 0 Å². The lowest BCUT2D eigenvalue weighted by Crippen LogP contribution is -2.13. The monoisotopic (exact) mass is 343 g/mol. The van der Waals surface area contributed by atoms with Gasteiger partial charge < -0.3 is 10.1 Å². The first-order chi connectivity index (χ1) is 12.2. The van der Waals surface area contributed by atoms with E-state index in [-0.39, 0.29) is 5.97 Å². The maximum absolute atomic E-state index is 11.1. The Morgan fingerprint density at radius 1 is 1.20 bits per heavy atom. The van der Waals surface area contributed by atoms with Crippen LogP contribution in [0.5, 0.6) is 0 Å². The molecular formula is C22H33NO2. The van der Waals surface area contributed by atoms with E-state index < -0.39 is 0 Å². The van der Waals surface area contributed by atoms with Gasteiger partial charge in [-0.05, 0) is 48.4 Å². The largest absolute Gasteiger partial charge is 0.466 e. The molecule has 1 N–H and O–H groups in total. The molecule has 0 aliphatic heterocycles. The summed E-state index contributed by atoms with van der Waals surface area (Å²) in [7, 11) is 1.39. The molecule has 1 aromatic rings. The number of rotatable bonds is 8. The van der Waals surface area contributed by atoms with Gasteiger partial charge in [-0.25, -0.2) is 4.79 Å². The summed E-state index contributed by atoms with van der Waals surface area (Å²) in [4.78, 5) is 11.1. The van der Waals surface area contributed by atoms with Crippen LogP contribution in [0.2, 0.25) is 0 Å². The SMILES string of the molecule is COC(=O)C=Cc1ccc(NCCCC(C)C2CCCCCC2)cc1. The Labute approximate surface area is 152 Å². The molecule has 0 aromatic heterocycles. The normalized spacial score (nSPS) is 17.2. The molecule has 0 amide bonds. The Kier molecular flexibility index (Phi) is 8.58. The summed E-state index contributed by atoms with van der Waals surface area (Å²) in [5.41, 5.74) is 2.13. The molecule has 2 rings (SSSR count). The smallest absolute Gasteiger partial charge is 0.330 e. The van der Waals surface area contributed by atoms with E-state index in [1.54, 1.807) is 6.08 Å². The van der Waals surface area contributed by atoms with E-state index in [1.807, 2.05) is 12.1 Å². The number of esters is 1. The van der Waals surface area contributed by atoms with Gasteiger partial charge in [0.25, 0.3) is 0 Å². The quantitative estimate of drug-likeness (QED) is 0.286. The van der Waals surface area contributed by atoms with Crippen LogP contribution in [0.3, 0.4) is 0 Å². The lowest BCUT2D eigenvalue weighted by Gasteiger charge is -2.22. The fraction of sp³-hybridized carbons (Fsp3) is 0.591. The average molecular weight is 344 g/mol. The molecule has 138 valence electrons. The van der Waals surface area contributed by atoms with Crippen molar-refractivity contribution in [3.05, 3.63) is 35.9 Å². The molecule has 1 aromatic carbocycles. The van der Waals surface area contributed by atoms with Crippen LogP contribution in [-0.4, -0.2) is 19.6 Å². The number of benzene rings is 1. The van der Waals surface area contributed by atoms with Crippen LogP contribution in [-0.2, 0) is 9.53 Å². The average Bonchev–Trinajstić information content (AvgIpc) is 2.93.